The van der Waals surface area contributed by atoms with Gasteiger partial charge in [0.05, 0.1) is 5.56 Å². The van der Waals surface area contributed by atoms with Gasteiger partial charge >= 0.3 is 0 Å². The maximum Gasteiger partial charge on any atom is 0.256 e. The van der Waals surface area contributed by atoms with Crippen LogP contribution in [-0.4, -0.2) is 5.91 Å². The third kappa shape index (κ3) is 3.16. The Hall–Kier alpha value is -3.45. The number of rotatable bonds is 3. The number of anilines is 1. The smallest absolute Gasteiger partial charge is 0.256 e. The van der Waals surface area contributed by atoms with Crippen molar-refractivity contribution in [2.24, 2.45) is 0 Å². The monoisotopic (exact) mass is 316 g/mol. The number of nitriles is 1. The van der Waals surface area contributed by atoms with E-state index in [4.69, 9.17) is 5.26 Å². The maximum absolute atomic E-state index is 13.4. The second-order valence-corrected chi connectivity index (χ2v) is 5.17. The van der Waals surface area contributed by atoms with Crippen LogP contribution in [0, 0.1) is 17.1 Å². The van der Waals surface area contributed by atoms with E-state index in [1.165, 1.54) is 12.1 Å². The average molecular weight is 316 g/mol. The normalized spacial score (nSPS) is 10.0. The van der Waals surface area contributed by atoms with Crippen LogP contribution in [0.5, 0.6) is 0 Å². The third-order valence-electron chi connectivity index (χ3n) is 3.60. The van der Waals surface area contributed by atoms with Crippen molar-refractivity contribution >= 4 is 11.6 Å². The molecule has 0 aliphatic rings. The standard InChI is InChI=1S/C20H13FN2O/c21-19-11-10-16(12-15(19)13-22)23-20(24)18-9-5-4-8-17(18)14-6-2-1-3-7-14/h1-12H,(H,23,24). The van der Waals surface area contributed by atoms with E-state index in [1.54, 1.807) is 18.2 Å². The molecule has 3 rings (SSSR count). The molecule has 0 atom stereocenters. The summed E-state index contributed by atoms with van der Waals surface area (Å²) >= 11 is 0. The number of nitrogens with zero attached hydrogens (tertiary/aromatic N) is 1. The lowest BCUT2D eigenvalue weighted by Gasteiger charge is -2.11. The summed E-state index contributed by atoms with van der Waals surface area (Å²) in [5, 5.41) is 11.6. The SMILES string of the molecule is N#Cc1cc(NC(=O)c2ccccc2-c2ccccc2)ccc1F. The van der Waals surface area contributed by atoms with Gasteiger partial charge < -0.3 is 5.32 Å². The van der Waals surface area contributed by atoms with Gasteiger partial charge in [0, 0.05) is 11.3 Å². The molecule has 3 aromatic rings. The second-order valence-electron chi connectivity index (χ2n) is 5.17. The summed E-state index contributed by atoms with van der Waals surface area (Å²) in [7, 11) is 0. The molecule has 1 amide bonds. The Bertz CT molecular complexity index is 930. The fourth-order valence-corrected chi connectivity index (χ4v) is 2.44. The highest BCUT2D eigenvalue weighted by Gasteiger charge is 2.13. The molecule has 116 valence electrons. The lowest BCUT2D eigenvalue weighted by Crippen LogP contribution is -2.13. The van der Waals surface area contributed by atoms with Gasteiger partial charge in [-0.05, 0) is 35.4 Å². The summed E-state index contributed by atoms with van der Waals surface area (Å²) in [6.07, 6.45) is 0. The molecule has 0 aliphatic heterocycles. The molecule has 0 saturated heterocycles. The minimum atomic E-state index is -0.611. The summed E-state index contributed by atoms with van der Waals surface area (Å²) in [6.45, 7) is 0. The number of hydrogen-bond donors (Lipinski definition) is 1. The van der Waals surface area contributed by atoms with Gasteiger partial charge in [-0.3, -0.25) is 4.79 Å². The number of halogens is 1. The van der Waals surface area contributed by atoms with Gasteiger partial charge in [-0.25, -0.2) is 4.39 Å². The molecule has 24 heavy (non-hydrogen) atoms. The predicted molar refractivity (Wildman–Crippen MR) is 90.9 cm³/mol. The molecule has 0 heterocycles. The van der Waals surface area contributed by atoms with Crippen LogP contribution in [0.2, 0.25) is 0 Å². The van der Waals surface area contributed by atoms with Crippen molar-refractivity contribution in [3.05, 3.63) is 89.7 Å². The molecule has 4 heteroatoms. The highest BCUT2D eigenvalue weighted by atomic mass is 19.1. The first-order chi connectivity index (χ1) is 11.7. The van der Waals surface area contributed by atoms with Crippen molar-refractivity contribution in [3.63, 3.8) is 0 Å². The molecule has 0 saturated carbocycles. The van der Waals surface area contributed by atoms with Gasteiger partial charge in [-0.15, -0.1) is 0 Å². The first-order valence-corrected chi connectivity index (χ1v) is 7.34. The fraction of sp³-hybridized carbons (Fsp3) is 0. The van der Waals surface area contributed by atoms with E-state index in [2.05, 4.69) is 5.32 Å². The number of benzene rings is 3. The Balaban J connectivity index is 1.93. The molecule has 0 aromatic heterocycles. The van der Waals surface area contributed by atoms with Crippen molar-refractivity contribution in [1.82, 2.24) is 0 Å². The van der Waals surface area contributed by atoms with E-state index in [9.17, 15) is 9.18 Å². The van der Waals surface area contributed by atoms with Crippen LogP contribution in [0.25, 0.3) is 11.1 Å². The zero-order valence-electron chi connectivity index (χ0n) is 12.7. The van der Waals surface area contributed by atoms with E-state index in [0.717, 1.165) is 17.2 Å². The minimum Gasteiger partial charge on any atom is -0.322 e. The van der Waals surface area contributed by atoms with Crippen LogP contribution in [-0.2, 0) is 0 Å². The Labute approximate surface area is 139 Å². The van der Waals surface area contributed by atoms with Crippen molar-refractivity contribution in [2.45, 2.75) is 0 Å². The van der Waals surface area contributed by atoms with Gasteiger partial charge in [0.25, 0.3) is 5.91 Å². The number of amides is 1. The van der Waals surface area contributed by atoms with Crippen LogP contribution in [0.3, 0.4) is 0 Å². The largest absolute Gasteiger partial charge is 0.322 e. The van der Waals surface area contributed by atoms with Gasteiger partial charge in [0.2, 0.25) is 0 Å². The summed E-state index contributed by atoms with van der Waals surface area (Å²) in [5.74, 6) is -0.926. The van der Waals surface area contributed by atoms with Gasteiger partial charge in [0.15, 0.2) is 0 Å². The Morgan fingerprint density at radius 2 is 1.67 bits per heavy atom. The Kier molecular flexibility index (Phi) is 4.35. The molecule has 0 bridgehead atoms. The maximum atomic E-state index is 13.4. The van der Waals surface area contributed by atoms with E-state index in [0.29, 0.717) is 11.3 Å². The summed E-state index contributed by atoms with van der Waals surface area (Å²) in [5.41, 5.74) is 2.51. The van der Waals surface area contributed by atoms with Crippen LogP contribution in [0.4, 0.5) is 10.1 Å². The Morgan fingerprint density at radius 1 is 0.958 bits per heavy atom. The highest BCUT2D eigenvalue weighted by molar-refractivity contribution is 6.08. The van der Waals surface area contributed by atoms with Crippen LogP contribution >= 0.6 is 0 Å². The van der Waals surface area contributed by atoms with Gasteiger partial charge in [0.1, 0.15) is 11.9 Å². The van der Waals surface area contributed by atoms with Crippen molar-refractivity contribution in [1.29, 1.82) is 5.26 Å². The average Bonchev–Trinajstić information content (AvgIpc) is 2.64. The molecule has 0 unspecified atom stereocenters. The third-order valence-corrected chi connectivity index (χ3v) is 3.60. The quantitative estimate of drug-likeness (QED) is 0.766. The number of nitrogens with one attached hydrogen (secondary N) is 1. The van der Waals surface area contributed by atoms with Crippen molar-refractivity contribution < 1.29 is 9.18 Å². The van der Waals surface area contributed by atoms with E-state index in [-0.39, 0.29) is 11.5 Å². The zero-order valence-corrected chi connectivity index (χ0v) is 12.7. The molecular weight excluding hydrogens is 303 g/mol. The molecule has 0 spiro atoms. The highest BCUT2D eigenvalue weighted by Crippen LogP contribution is 2.24. The second kappa shape index (κ2) is 6.76. The van der Waals surface area contributed by atoms with Crippen molar-refractivity contribution in [2.75, 3.05) is 5.32 Å². The summed E-state index contributed by atoms with van der Waals surface area (Å²) in [6, 6.07) is 22.5. The molecule has 0 radical (unpaired) electrons. The molecule has 3 aromatic carbocycles. The molecular formula is C20H13FN2O. The van der Waals surface area contributed by atoms with Gasteiger partial charge in [-0.2, -0.15) is 5.26 Å². The van der Waals surface area contributed by atoms with Crippen LogP contribution in [0.15, 0.2) is 72.8 Å². The number of carbonyl (C=O) groups excluding carboxylic acids is 1. The number of hydrogen-bond acceptors (Lipinski definition) is 2. The predicted octanol–water partition coefficient (Wildman–Crippen LogP) is 4.62. The first-order valence-electron chi connectivity index (χ1n) is 7.34. The van der Waals surface area contributed by atoms with Crippen LogP contribution < -0.4 is 5.32 Å². The minimum absolute atomic E-state index is 0.107. The first kappa shape index (κ1) is 15.4. The Morgan fingerprint density at radius 3 is 2.42 bits per heavy atom. The molecule has 0 fully saturated rings. The number of carbonyl (C=O) groups is 1. The fourth-order valence-electron chi connectivity index (χ4n) is 2.44. The summed E-state index contributed by atoms with van der Waals surface area (Å²) < 4.78 is 13.4. The van der Waals surface area contributed by atoms with E-state index >= 15 is 0 Å². The van der Waals surface area contributed by atoms with E-state index < -0.39 is 5.82 Å². The lowest BCUT2D eigenvalue weighted by molar-refractivity contribution is 0.102. The molecule has 3 nitrogen and oxygen atoms in total. The van der Waals surface area contributed by atoms with E-state index in [1.807, 2.05) is 42.5 Å². The zero-order chi connectivity index (χ0) is 16.9. The lowest BCUT2D eigenvalue weighted by atomic mass is 9.99. The topological polar surface area (TPSA) is 52.9 Å². The van der Waals surface area contributed by atoms with Gasteiger partial charge in [-0.1, -0.05) is 48.5 Å². The van der Waals surface area contributed by atoms with Crippen LogP contribution in [0.1, 0.15) is 15.9 Å². The van der Waals surface area contributed by atoms with Crippen molar-refractivity contribution in [3.8, 4) is 17.2 Å². The molecule has 0 aliphatic carbocycles. The molecule has 1 N–H and O–H groups in total. The summed E-state index contributed by atoms with van der Waals surface area (Å²) in [4.78, 5) is 12.6.